The summed E-state index contributed by atoms with van der Waals surface area (Å²) in [7, 11) is 1.88. The highest BCUT2D eigenvalue weighted by Gasteiger charge is 2.13. The molecular weight excluding hydrogens is 274 g/mol. The van der Waals surface area contributed by atoms with Crippen LogP contribution in [-0.4, -0.2) is 15.7 Å². The van der Waals surface area contributed by atoms with Crippen LogP contribution < -0.4 is 5.32 Å². The van der Waals surface area contributed by atoms with Gasteiger partial charge in [-0.1, -0.05) is 23.7 Å². The predicted molar refractivity (Wildman–Crippen MR) is 79.7 cm³/mol. The van der Waals surface area contributed by atoms with Gasteiger partial charge in [0.2, 0.25) is 5.91 Å². The maximum Gasteiger partial charge on any atom is 0.224 e. The van der Waals surface area contributed by atoms with Crippen molar-refractivity contribution >= 4 is 17.5 Å². The van der Waals surface area contributed by atoms with Crippen LogP contribution in [0.15, 0.2) is 24.3 Å². The Bertz CT molecular complexity index is 634. The van der Waals surface area contributed by atoms with E-state index in [1.807, 2.05) is 45.2 Å². The maximum atomic E-state index is 12.0. The number of rotatable bonds is 4. The second kappa shape index (κ2) is 6.09. The van der Waals surface area contributed by atoms with E-state index in [9.17, 15) is 4.79 Å². The predicted octanol–water partition coefficient (Wildman–Crippen LogP) is 2.55. The first-order chi connectivity index (χ1) is 9.47. The molecule has 0 saturated heterocycles. The highest BCUT2D eigenvalue weighted by molar-refractivity contribution is 6.30. The Balaban J connectivity index is 1.96. The number of carbonyl (C=O) groups is 1. The first-order valence-electron chi connectivity index (χ1n) is 6.47. The summed E-state index contributed by atoms with van der Waals surface area (Å²) in [5, 5.41) is 7.89. The number of amides is 1. The van der Waals surface area contributed by atoms with Crippen molar-refractivity contribution in [3.63, 3.8) is 0 Å². The number of nitrogens with one attached hydrogen (secondary N) is 1. The van der Waals surface area contributed by atoms with E-state index in [1.54, 1.807) is 4.68 Å². The van der Waals surface area contributed by atoms with Gasteiger partial charge in [0, 0.05) is 29.9 Å². The Labute approximate surface area is 123 Å². The zero-order valence-corrected chi connectivity index (χ0v) is 12.7. The topological polar surface area (TPSA) is 46.9 Å². The van der Waals surface area contributed by atoms with Gasteiger partial charge in [-0.3, -0.25) is 9.48 Å². The standard InChI is InChI=1S/C15H18ClN3O/c1-10-14(11(2)19(3)18-10)8-15(20)17-9-12-5-4-6-13(16)7-12/h4-7H,8-9H2,1-3H3,(H,17,20). The van der Waals surface area contributed by atoms with Gasteiger partial charge < -0.3 is 5.32 Å². The van der Waals surface area contributed by atoms with Crippen LogP contribution in [0, 0.1) is 13.8 Å². The lowest BCUT2D eigenvalue weighted by molar-refractivity contribution is -0.120. The minimum Gasteiger partial charge on any atom is -0.352 e. The molecule has 2 aromatic rings. The van der Waals surface area contributed by atoms with Gasteiger partial charge in [-0.05, 0) is 31.5 Å². The third-order valence-electron chi connectivity index (χ3n) is 3.37. The summed E-state index contributed by atoms with van der Waals surface area (Å²) in [6, 6.07) is 7.48. The Kier molecular flexibility index (Phi) is 4.45. The molecule has 0 spiro atoms. The van der Waals surface area contributed by atoms with E-state index < -0.39 is 0 Å². The monoisotopic (exact) mass is 291 g/mol. The summed E-state index contributed by atoms with van der Waals surface area (Å²) in [5.41, 5.74) is 3.92. The fourth-order valence-corrected chi connectivity index (χ4v) is 2.36. The van der Waals surface area contributed by atoms with Crippen molar-refractivity contribution in [1.29, 1.82) is 0 Å². The first kappa shape index (κ1) is 14.6. The summed E-state index contributed by atoms with van der Waals surface area (Å²) < 4.78 is 1.80. The molecule has 1 aromatic carbocycles. The summed E-state index contributed by atoms with van der Waals surface area (Å²) in [6.07, 6.45) is 0.353. The number of hydrogen-bond donors (Lipinski definition) is 1. The van der Waals surface area contributed by atoms with Crippen molar-refractivity contribution in [3.05, 3.63) is 51.8 Å². The molecule has 0 radical (unpaired) electrons. The molecule has 0 aliphatic heterocycles. The van der Waals surface area contributed by atoms with Gasteiger partial charge in [-0.15, -0.1) is 0 Å². The maximum absolute atomic E-state index is 12.0. The summed E-state index contributed by atoms with van der Waals surface area (Å²) in [6.45, 7) is 4.38. The molecule has 106 valence electrons. The Hall–Kier alpha value is -1.81. The SMILES string of the molecule is Cc1nn(C)c(C)c1CC(=O)NCc1cccc(Cl)c1. The molecule has 0 aliphatic carbocycles. The highest BCUT2D eigenvalue weighted by Crippen LogP contribution is 2.13. The van der Waals surface area contributed by atoms with E-state index in [1.165, 1.54) is 0 Å². The molecule has 1 amide bonds. The normalized spacial score (nSPS) is 10.6. The number of aryl methyl sites for hydroxylation is 2. The van der Waals surface area contributed by atoms with E-state index in [2.05, 4.69) is 10.4 Å². The average molecular weight is 292 g/mol. The van der Waals surface area contributed by atoms with Gasteiger partial charge in [-0.2, -0.15) is 5.10 Å². The molecule has 0 unspecified atom stereocenters. The highest BCUT2D eigenvalue weighted by atomic mass is 35.5. The van der Waals surface area contributed by atoms with Crippen LogP contribution in [0.3, 0.4) is 0 Å². The van der Waals surface area contributed by atoms with Crippen LogP contribution in [0.1, 0.15) is 22.5 Å². The van der Waals surface area contributed by atoms with Gasteiger partial charge in [-0.25, -0.2) is 0 Å². The second-order valence-corrected chi connectivity index (χ2v) is 5.29. The molecule has 0 aliphatic rings. The third kappa shape index (κ3) is 3.39. The number of halogens is 1. The smallest absolute Gasteiger partial charge is 0.224 e. The number of aromatic nitrogens is 2. The number of hydrogen-bond acceptors (Lipinski definition) is 2. The molecule has 0 fully saturated rings. The Morgan fingerprint density at radius 3 is 2.75 bits per heavy atom. The van der Waals surface area contributed by atoms with Crippen molar-refractivity contribution in [1.82, 2.24) is 15.1 Å². The minimum atomic E-state index is -0.0100. The summed E-state index contributed by atoms with van der Waals surface area (Å²) >= 11 is 5.91. The van der Waals surface area contributed by atoms with E-state index in [-0.39, 0.29) is 5.91 Å². The van der Waals surface area contributed by atoms with Crippen LogP contribution in [-0.2, 0) is 24.8 Å². The fourth-order valence-electron chi connectivity index (χ4n) is 2.14. The van der Waals surface area contributed by atoms with E-state index in [0.717, 1.165) is 22.5 Å². The summed E-state index contributed by atoms with van der Waals surface area (Å²) in [5.74, 6) is -0.0100. The first-order valence-corrected chi connectivity index (χ1v) is 6.85. The van der Waals surface area contributed by atoms with Crippen LogP contribution in [0.5, 0.6) is 0 Å². The molecule has 4 nitrogen and oxygen atoms in total. The molecule has 1 N–H and O–H groups in total. The second-order valence-electron chi connectivity index (χ2n) is 4.86. The number of carbonyl (C=O) groups excluding carboxylic acids is 1. The molecule has 5 heteroatoms. The molecule has 0 atom stereocenters. The van der Waals surface area contributed by atoms with Crippen molar-refractivity contribution in [3.8, 4) is 0 Å². The zero-order chi connectivity index (χ0) is 14.7. The quantitative estimate of drug-likeness (QED) is 0.941. The number of nitrogens with zero attached hydrogens (tertiary/aromatic N) is 2. The van der Waals surface area contributed by atoms with Crippen molar-refractivity contribution in [2.45, 2.75) is 26.8 Å². The van der Waals surface area contributed by atoms with Gasteiger partial charge in [0.25, 0.3) is 0 Å². The van der Waals surface area contributed by atoms with Crippen LogP contribution in [0.4, 0.5) is 0 Å². The zero-order valence-electron chi connectivity index (χ0n) is 11.9. The Morgan fingerprint density at radius 1 is 1.40 bits per heavy atom. The van der Waals surface area contributed by atoms with Crippen LogP contribution in [0.2, 0.25) is 5.02 Å². The Morgan fingerprint density at radius 2 is 2.15 bits per heavy atom. The van der Waals surface area contributed by atoms with E-state index in [4.69, 9.17) is 11.6 Å². The van der Waals surface area contributed by atoms with Crippen molar-refractivity contribution in [2.24, 2.45) is 7.05 Å². The lowest BCUT2D eigenvalue weighted by Gasteiger charge is -2.06. The largest absolute Gasteiger partial charge is 0.352 e. The van der Waals surface area contributed by atoms with Gasteiger partial charge in [0.1, 0.15) is 0 Å². The van der Waals surface area contributed by atoms with Gasteiger partial charge in [0.15, 0.2) is 0 Å². The van der Waals surface area contributed by atoms with Crippen molar-refractivity contribution in [2.75, 3.05) is 0 Å². The van der Waals surface area contributed by atoms with E-state index in [0.29, 0.717) is 18.0 Å². The van der Waals surface area contributed by atoms with E-state index >= 15 is 0 Å². The van der Waals surface area contributed by atoms with Gasteiger partial charge >= 0.3 is 0 Å². The van der Waals surface area contributed by atoms with Gasteiger partial charge in [0.05, 0.1) is 12.1 Å². The van der Waals surface area contributed by atoms with Crippen LogP contribution >= 0.6 is 11.6 Å². The summed E-state index contributed by atoms with van der Waals surface area (Å²) in [4.78, 5) is 12.0. The molecule has 1 heterocycles. The molecular formula is C15H18ClN3O. The lowest BCUT2D eigenvalue weighted by Crippen LogP contribution is -2.25. The number of benzene rings is 1. The van der Waals surface area contributed by atoms with Crippen LogP contribution in [0.25, 0.3) is 0 Å². The lowest BCUT2D eigenvalue weighted by atomic mass is 10.1. The molecule has 20 heavy (non-hydrogen) atoms. The molecule has 1 aromatic heterocycles. The fraction of sp³-hybridized carbons (Fsp3) is 0.333. The third-order valence-corrected chi connectivity index (χ3v) is 3.61. The minimum absolute atomic E-state index is 0.0100. The molecule has 0 saturated carbocycles. The molecule has 0 bridgehead atoms. The average Bonchev–Trinajstić information content (AvgIpc) is 2.63. The van der Waals surface area contributed by atoms with Crippen molar-refractivity contribution < 1.29 is 4.79 Å². The molecule has 2 rings (SSSR count).